The van der Waals surface area contributed by atoms with Gasteiger partial charge in [0.25, 0.3) is 0 Å². The Hall–Kier alpha value is -4.38. The van der Waals surface area contributed by atoms with Gasteiger partial charge in [0, 0.05) is 54.3 Å². The minimum atomic E-state index is -5.05. The number of halogens is 6. The van der Waals surface area contributed by atoms with Gasteiger partial charge < -0.3 is 36.1 Å². The van der Waals surface area contributed by atoms with E-state index in [1.165, 1.54) is 6.20 Å². The molecule has 18 heteroatoms. The Morgan fingerprint density at radius 1 is 1.18 bits per heavy atom. The van der Waals surface area contributed by atoms with Crippen LogP contribution in [0.4, 0.5) is 34.9 Å². The number of carbonyl (C=O) groups excluding carboxylic acids is 1. The molecular weight excluding hydrogens is 793 g/mol. The van der Waals surface area contributed by atoms with Crippen LogP contribution in [0.25, 0.3) is 22.0 Å². The van der Waals surface area contributed by atoms with E-state index in [-0.39, 0.29) is 53.9 Å². The number of nitrogens with zero attached hydrogens (tertiary/aromatic N) is 4. The number of nitrogen functional groups attached to an aromatic ring is 2. The summed E-state index contributed by atoms with van der Waals surface area (Å²) in [4.78, 5) is 27.9. The van der Waals surface area contributed by atoms with Crippen molar-refractivity contribution < 1.29 is 41.7 Å². The van der Waals surface area contributed by atoms with Crippen LogP contribution in [0.15, 0.2) is 30.5 Å². The van der Waals surface area contributed by atoms with Crippen LogP contribution in [-0.2, 0) is 20.4 Å². The summed E-state index contributed by atoms with van der Waals surface area (Å²) in [5.41, 5.74) is 8.30. The number of aromatic hydroxyl groups is 1. The van der Waals surface area contributed by atoms with Crippen molar-refractivity contribution in [3.8, 4) is 22.9 Å². The third-order valence-corrected chi connectivity index (χ3v) is 12.0. The Balaban J connectivity index is 1.21. The second kappa shape index (κ2) is 16.5. The van der Waals surface area contributed by atoms with E-state index in [4.69, 9.17) is 48.9 Å². The lowest BCUT2D eigenvalue weighted by atomic mass is 9.95. The predicted octanol–water partition coefficient (Wildman–Crippen LogP) is 8.33. The van der Waals surface area contributed by atoms with Crippen LogP contribution in [0.2, 0.25) is 10.0 Å². The molecule has 0 saturated carbocycles. The van der Waals surface area contributed by atoms with Crippen LogP contribution in [0.1, 0.15) is 75.5 Å². The van der Waals surface area contributed by atoms with E-state index < -0.39 is 61.6 Å². The maximum absolute atomic E-state index is 16.9. The first-order valence-electron chi connectivity index (χ1n) is 18.8. The van der Waals surface area contributed by atoms with Crippen molar-refractivity contribution in [3.05, 3.63) is 57.5 Å². The number of nitrogens with one attached hydrogen (secondary N) is 1. The number of benzene rings is 2. The third-order valence-electron chi connectivity index (χ3n) is 11.4. The molecule has 2 aromatic carbocycles. The minimum Gasteiger partial charge on any atom is -0.506 e. The van der Waals surface area contributed by atoms with Crippen LogP contribution < -0.4 is 21.5 Å². The maximum Gasteiger partial charge on any atom is 0.418 e. The minimum absolute atomic E-state index is 0.0317. The van der Waals surface area contributed by atoms with Crippen LogP contribution in [0, 0.1) is 11.7 Å². The number of ether oxygens (including phenoxy) is 3. The summed E-state index contributed by atoms with van der Waals surface area (Å²) in [5, 5.41) is 12.8. The molecule has 3 atom stereocenters. The molecule has 6 N–H and O–H groups in total. The summed E-state index contributed by atoms with van der Waals surface area (Å²) in [6.07, 6.45) is 2.58. The molecule has 3 aliphatic heterocycles. The summed E-state index contributed by atoms with van der Waals surface area (Å²) < 4.78 is 77.5. The number of fused-ring (bicyclic) bond motifs is 2. The Bertz CT molecular complexity index is 2160. The fourth-order valence-electron chi connectivity index (χ4n) is 8.47. The normalized spacial score (nSPS) is 20.8. The summed E-state index contributed by atoms with van der Waals surface area (Å²) >= 11 is 12.5. The van der Waals surface area contributed by atoms with E-state index in [9.17, 15) is 23.1 Å². The van der Waals surface area contributed by atoms with E-state index in [0.717, 1.165) is 76.8 Å². The number of pyridine rings is 1. The topological polar surface area (TPSA) is 171 Å². The van der Waals surface area contributed by atoms with Crippen molar-refractivity contribution in [3.63, 3.8) is 0 Å². The highest BCUT2D eigenvalue weighted by atomic mass is 35.5. The highest BCUT2D eigenvalue weighted by Crippen LogP contribution is 2.51. The van der Waals surface area contributed by atoms with Gasteiger partial charge in [-0.3, -0.25) is 9.69 Å². The molecule has 57 heavy (non-hydrogen) atoms. The first-order chi connectivity index (χ1) is 27.2. The number of rotatable bonds is 12. The van der Waals surface area contributed by atoms with E-state index in [1.54, 1.807) is 19.1 Å². The molecule has 0 aliphatic carbocycles. The zero-order valence-corrected chi connectivity index (χ0v) is 32.6. The first kappa shape index (κ1) is 40.8. The molecule has 3 unspecified atom stereocenters. The molecule has 0 radical (unpaired) electrons. The molecular formula is C39H43Cl2F4N7O5. The fourth-order valence-corrected chi connectivity index (χ4v) is 9.08. The average Bonchev–Trinajstić information content (AvgIpc) is 3.73. The number of hydrogen-bond acceptors (Lipinski definition) is 12. The zero-order valence-electron chi connectivity index (χ0n) is 31.1. The fraction of sp³-hybridized carbons (Fsp3) is 0.487. The molecule has 306 valence electrons. The van der Waals surface area contributed by atoms with Crippen LogP contribution >= 0.6 is 23.2 Å². The number of esters is 1. The number of anilines is 3. The van der Waals surface area contributed by atoms with Gasteiger partial charge in [0.1, 0.15) is 36.1 Å². The van der Waals surface area contributed by atoms with E-state index in [2.05, 4.69) is 25.2 Å². The van der Waals surface area contributed by atoms with E-state index in [0.29, 0.717) is 17.9 Å². The molecule has 0 bridgehead atoms. The molecule has 3 saturated heterocycles. The van der Waals surface area contributed by atoms with Crippen LogP contribution in [0.5, 0.6) is 11.8 Å². The number of hydrogen-bond donors (Lipinski definition) is 4. The summed E-state index contributed by atoms with van der Waals surface area (Å²) in [6, 6.07) is 4.17. The van der Waals surface area contributed by atoms with Crippen molar-refractivity contribution in [1.82, 2.24) is 19.9 Å². The standard InChI is InChI=1S/C39H43Cl2F4N7O5/c1-20(24-4-2-12-48-35(24)47)49-36-29-33(32(42)28(31(41)34(29)54)25-16-22(46)17-26(40)30(25)39(43,44)45)50-37(51-36)57-19-38-10-3-13-52(38)23(7-11-38)18-56-27(53)6-5-21-8-14-55-15-9-21/h2,4,12,16-17,20-21,23,54H,3,5-11,13-15,18-19,46H2,1H3,(H2,47,48)(H,49,50,51). The summed E-state index contributed by atoms with van der Waals surface area (Å²) in [5.74, 6) is -1.80. The second-order valence-electron chi connectivity index (χ2n) is 15.0. The lowest BCUT2D eigenvalue weighted by molar-refractivity contribution is -0.146. The smallest absolute Gasteiger partial charge is 0.418 e. The average molecular weight is 837 g/mol. The van der Waals surface area contributed by atoms with Gasteiger partial charge in [-0.2, -0.15) is 23.1 Å². The largest absolute Gasteiger partial charge is 0.506 e. The molecule has 0 amide bonds. The first-order valence-corrected chi connectivity index (χ1v) is 19.6. The number of phenolic OH excluding ortho intramolecular Hbond substituents is 1. The van der Waals surface area contributed by atoms with Crippen LogP contribution in [0.3, 0.4) is 0 Å². The number of alkyl halides is 3. The Kier molecular flexibility index (Phi) is 11.8. The van der Waals surface area contributed by atoms with Crippen molar-refractivity contribution in [2.45, 2.75) is 82.1 Å². The lowest BCUT2D eigenvalue weighted by Gasteiger charge is -2.34. The van der Waals surface area contributed by atoms with Gasteiger partial charge in [0.2, 0.25) is 0 Å². The molecule has 3 aliphatic rings. The third kappa shape index (κ3) is 8.32. The van der Waals surface area contributed by atoms with Gasteiger partial charge in [0.05, 0.1) is 32.6 Å². The number of phenols is 1. The van der Waals surface area contributed by atoms with Gasteiger partial charge in [-0.05, 0) is 82.5 Å². The quantitative estimate of drug-likeness (QED) is 0.0612. The number of nitrogens with two attached hydrogens (primary N) is 2. The summed E-state index contributed by atoms with van der Waals surface area (Å²) in [6.45, 7) is 4.23. The maximum atomic E-state index is 16.9. The molecule has 3 fully saturated rings. The van der Waals surface area contributed by atoms with Crippen molar-refractivity contribution in [2.24, 2.45) is 5.92 Å². The molecule has 2 aromatic heterocycles. The number of aromatic nitrogens is 3. The van der Waals surface area contributed by atoms with E-state index >= 15 is 4.39 Å². The number of carbonyl (C=O) groups is 1. The van der Waals surface area contributed by atoms with Gasteiger partial charge >= 0.3 is 18.2 Å². The Morgan fingerprint density at radius 2 is 1.95 bits per heavy atom. The highest BCUT2D eigenvalue weighted by molar-refractivity contribution is 6.37. The highest BCUT2D eigenvalue weighted by Gasteiger charge is 2.50. The predicted molar refractivity (Wildman–Crippen MR) is 208 cm³/mol. The van der Waals surface area contributed by atoms with Gasteiger partial charge in [0.15, 0.2) is 5.82 Å². The molecule has 12 nitrogen and oxygen atoms in total. The molecule has 4 aromatic rings. The van der Waals surface area contributed by atoms with Gasteiger partial charge in [-0.25, -0.2) is 9.37 Å². The van der Waals surface area contributed by atoms with Gasteiger partial charge in [-0.15, -0.1) is 0 Å². The van der Waals surface area contributed by atoms with Crippen LogP contribution in [-0.4, -0.2) is 75.5 Å². The van der Waals surface area contributed by atoms with Gasteiger partial charge in [-0.1, -0.05) is 29.3 Å². The molecule has 0 spiro atoms. The monoisotopic (exact) mass is 835 g/mol. The van der Waals surface area contributed by atoms with Crippen molar-refractivity contribution in [1.29, 1.82) is 0 Å². The molecule has 5 heterocycles. The molecule has 7 rings (SSSR count). The zero-order chi connectivity index (χ0) is 40.6. The second-order valence-corrected chi connectivity index (χ2v) is 15.8. The Labute approximate surface area is 336 Å². The lowest BCUT2D eigenvalue weighted by Crippen LogP contribution is -2.48. The van der Waals surface area contributed by atoms with Crippen molar-refractivity contribution in [2.75, 3.05) is 49.8 Å². The SMILES string of the molecule is CC(Nc1nc(OCC23CCCN2C(COC(=O)CCC2CCOCC2)CC3)nc2c(F)c(-c3cc(N)cc(Cl)c3C(F)(F)F)c(Cl)c(O)c12)c1cccnc1N. The summed E-state index contributed by atoms with van der Waals surface area (Å²) in [7, 11) is 0. The van der Waals surface area contributed by atoms with Crippen molar-refractivity contribution >= 4 is 57.4 Å². The van der Waals surface area contributed by atoms with E-state index in [1.807, 2.05) is 0 Å². The Morgan fingerprint density at radius 3 is 2.68 bits per heavy atom.